The van der Waals surface area contributed by atoms with Crippen LogP contribution in [0.1, 0.15) is 38.9 Å². The Kier molecular flexibility index (Phi) is 8.32. The molecule has 0 amide bonds. The molecule has 6 heteroatoms. The van der Waals surface area contributed by atoms with Gasteiger partial charge in [0.25, 0.3) is 0 Å². The van der Waals surface area contributed by atoms with Crippen LogP contribution in [-0.2, 0) is 4.74 Å². The molecule has 2 unspecified atom stereocenters. The van der Waals surface area contributed by atoms with Gasteiger partial charge in [-0.2, -0.15) is 0 Å². The van der Waals surface area contributed by atoms with Gasteiger partial charge in [0.05, 0.1) is 12.6 Å². The maximum Gasteiger partial charge on any atom is 0.193 e. The van der Waals surface area contributed by atoms with Crippen LogP contribution >= 0.6 is 0 Å². The van der Waals surface area contributed by atoms with E-state index in [9.17, 15) is 4.39 Å². The van der Waals surface area contributed by atoms with Crippen LogP contribution in [0.4, 0.5) is 4.39 Å². The van der Waals surface area contributed by atoms with Crippen molar-refractivity contribution in [2.75, 3.05) is 46.3 Å². The van der Waals surface area contributed by atoms with Crippen molar-refractivity contribution in [3.8, 4) is 0 Å². The highest BCUT2D eigenvalue weighted by Gasteiger charge is 2.28. The Labute approximate surface area is 157 Å². The first-order chi connectivity index (χ1) is 12.6. The monoisotopic (exact) mass is 364 g/mol. The Hall–Kier alpha value is -1.66. The number of hydrogen-bond donors (Lipinski definition) is 1. The summed E-state index contributed by atoms with van der Waals surface area (Å²) >= 11 is 0. The average Bonchev–Trinajstić information content (AvgIpc) is 2.65. The lowest BCUT2D eigenvalue weighted by Crippen LogP contribution is -2.51. The van der Waals surface area contributed by atoms with E-state index in [0.717, 1.165) is 50.7 Å². The smallest absolute Gasteiger partial charge is 0.193 e. The van der Waals surface area contributed by atoms with Crippen molar-refractivity contribution in [1.82, 2.24) is 15.1 Å². The van der Waals surface area contributed by atoms with Crippen LogP contribution in [0, 0.1) is 5.82 Å². The molecule has 26 heavy (non-hydrogen) atoms. The second-order valence-electron chi connectivity index (χ2n) is 6.75. The highest BCUT2D eigenvalue weighted by Crippen LogP contribution is 2.25. The fourth-order valence-electron chi connectivity index (χ4n) is 3.36. The Bertz CT molecular complexity index is 559. The predicted molar refractivity (Wildman–Crippen MR) is 105 cm³/mol. The van der Waals surface area contributed by atoms with Gasteiger partial charge in [-0.1, -0.05) is 26.0 Å². The molecule has 0 aromatic heterocycles. The summed E-state index contributed by atoms with van der Waals surface area (Å²) in [5, 5.41) is 3.48. The van der Waals surface area contributed by atoms with Gasteiger partial charge in [0.15, 0.2) is 5.96 Å². The molecule has 2 atom stereocenters. The number of morpholine rings is 1. The number of aliphatic imine (C=N–C) groups is 1. The number of guanidine groups is 1. The predicted octanol–water partition coefficient (Wildman–Crippen LogP) is 2.89. The Morgan fingerprint density at radius 1 is 1.27 bits per heavy atom. The minimum Gasteiger partial charge on any atom is -0.367 e. The quantitative estimate of drug-likeness (QED) is 0.459. The maximum absolute atomic E-state index is 13.2. The maximum atomic E-state index is 13.2. The first-order valence-electron chi connectivity index (χ1n) is 9.66. The normalized spacial score (nSPS) is 21.3. The SMILES string of the molecule is CCN(CC)CCCNC(=NC)N1CC(C)OC(c2ccc(F)cc2)C1. The van der Waals surface area contributed by atoms with Crippen molar-refractivity contribution >= 4 is 5.96 Å². The van der Waals surface area contributed by atoms with Gasteiger partial charge in [-0.15, -0.1) is 0 Å². The van der Waals surface area contributed by atoms with E-state index in [1.807, 2.05) is 7.05 Å². The van der Waals surface area contributed by atoms with Crippen LogP contribution < -0.4 is 5.32 Å². The number of nitrogens with zero attached hydrogens (tertiary/aromatic N) is 3. The Morgan fingerprint density at radius 2 is 1.96 bits per heavy atom. The highest BCUT2D eigenvalue weighted by molar-refractivity contribution is 5.80. The molecular formula is C20H33FN4O. The molecule has 1 saturated heterocycles. The van der Waals surface area contributed by atoms with E-state index in [1.54, 1.807) is 12.1 Å². The van der Waals surface area contributed by atoms with Gasteiger partial charge >= 0.3 is 0 Å². The van der Waals surface area contributed by atoms with E-state index in [0.29, 0.717) is 6.54 Å². The van der Waals surface area contributed by atoms with Crippen molar-refractivity contribution in [2.24, 2.45) is 4.99 Å². The Morgan fingerprint density at radius 3 is 2.58 bits per heavy atom. The third kappa shape index (κ3) is 5.95. The zero-order chi connectivity index (χ0) is 18.9. The summed E-state index contributed by atoms with van der Waals surface area (Å²) in [5.74, 6) is 0.687. The van der Waals surface area contributed by atoms with E-state index in [-0.39, 0.29) is 18.0 Å². The summed E-state index contributed by atoms with van der Waals surface area (Å²) in [4.78, 5) is 9.11. The topological polar surface area (TPSA) is 40.1 Å². The molecule has 0 spiro atoms. The van der Waals surface area contributed by atoms with Crippen molar-refractivity contribution in [1.29, 1.82) is 0 Å². The number of benzene rings is 1. The summed E-state index contributed by atoms with van der Waals surface area (Å²) in [6.45, 7) is 12.1. The molecule has 1 heterocycles. The third-order valence-corrected chi connectivity index (χ3v) is 4.84. The highest BCUT2D eigenvalue weighted by atomic mass is 19.1. The van der Waals surface area contributed by atoms with Gasteiger partial charge in [-0.25, -0.2) is 4.39 Å². The molecule has 1 aromatic carbocycles. The van der Waals surface area contributed by atoms with Gasteiger partial charge < -0.3 is 19.9 Å². The van der Waals surface area contributed by atoms with E-state index < -0.39 is 0 Å². The molecule has 0 saturated carbocycles. The van der Waals surface area contributed by atoms with Gasteiger partial charge in [0.1, 0.15) is 11.9 Å². The fourth-order valence-corrected chi connectivity index (χ4v) is 3.36. The first kappa shape index (κ1) is 20.6. The lowest BCUT2D eigenvalue weighted by molar-refractivity contribution is -0.0605. The summed E-state index contributed by atoms with van der Waals surface area (Å²) in [5.41, 5.74) is 1.000. The summed E-state index contributed by atoms with van der Waals surface area (Å²) < 4.78 is 19.3. The summed E-state index contributed by atoms with van der Waals surface area (Å²) in [7, 11) is 1.82. The number of ether oxygens (including phenoxy) is 1. The van der Waals surface area contributed by atoms with Gasteiger partial charge in [0.2, 0.25) is 0 Å². The van der Waals surface area contributed by atoms with Crippen LogP contribution in [0.25, 0.3) is 0 Å². The fraction of sp³-hybridized carbons (Fsp3) is 0.650. The van der Waals surface area contributed by atoms with Crippen LogP contribution in [-0.4, -0.2) is 68.2 Å². The lowest BCUT2D eigenvalue weighted by Gasteiger charge is -2.38. The van der Waals surface area contributed by atoms with E-state index in [4.69, 9.17) is 4.74 Å². The van der Waals surface area contributed by atoms with E-state index >= 15 is 0 Å². The molecule has 1 aliphatic rings. The largest absolute Gasteiger partial charge is 0.367 e. The molecule has 1 N–H and O–H groups in total. The molecular weight excluding hydrogens is 331 g/mol. The van der Waals surface area contributed by atoms with Crippen LogP contribution in [0.5, 0.6) is 0 Å². The van der Waals surface area contributed by atoms with Crippen LogP contribution in [0.3, 0.4) is 0 Å². The molecule has 1 fully saturated rings. The third-order valence-electron chi connectivity index (χ3n) is 4.84. The molecule has 2 rings (SSSR count). The van der Waals surface area contributed by atoms with Crippen molar-refractivity contribution in [3.05, 3.63) is 35.6 Å². The van der Waals surface area contributed by atoms with E-state index in [2.05, 4.69) is 40.9 Å². The zero-order valence-corrected chi connectivity index (χ0v) is 16.5. The summed E-state index contributed by atoms with van der Waals surface area (Å²) in [6.07, 6.45) is 1.10. The molecule has 0 aliphatic carbocycles. The van der Waals surface area contributed by atoms with Crippen LogP contribution in [0.15, 0.2) is 29.3 Å². The minimum absolute atomic E-state index is 0.0754. The average molecular weight is 365 g/mol. The second kappa shape index (κ2) is 10.5. The first-order valence-corrected chi connectivity index (χ1v) is 9.66. The standard InChI is InChI=1S/C20H33FN4O/c1-5-24(6-2)13-7-12-23-20(22-4)25-14-16(3)26-19(15-25)17-8-10-18(21)11-9-17/h8-11,16,19H,5-7,12-15H2,1-4H3,(H,22,23). The number of hydrogen-bond acceptors (Lipinski definition) is 3. The van der Waals surface area contributed by atoms with Crippen molar-refractivity contribution in [2.45, 2.75) is 39.4 Å². The Balaban J connectivity index is 1.91. The van der Waals surface area contributed by atoms with Crippen molar-refractivity contribution < 1.29 is 9.13 Å². The van der Waals surface area contributed by atoms with Crippen LogP contribution in [0.2, 0.25) is 0 Å². The van der Waals surface area contributed by atoms with Gasteiger partial charge in [0, 0.05) is 20.1 Å². The number of rotatable bonds is 7. The van der Waals surface area contributed by atoms with Gasteiger partial charge in [-0.05, 0) is 50.7 Å². The van der Waals surface area contributed by atoms with Gasteiger partial charge in [-0.3, -0.25) is 4.99 Å². The molecule has 1 aromatic rings. The zero-order valence-electron chi connectivity index (χ0n) is 16.5. The molecule has 0 radical (unpaired) electrons. The minimum atomic E-state index is -0.222. The number of halogens is 1. The van der Waals surface area contributed by atoms with Crippen molar-refractivity contribution in [3.63, 3.8) is 0 Å². The molecule has 5 nitrogen and oxygen atoms in total. The summed E-state index contributed by atoms with van der Waals surface area (Å²) in [6, 6.07) is 6.58. The number of nitrogens with one attached hydrogen (secondary N) is 1. The lowest BCUT2D eigenvalue weighted by atomic mass is 10.1. The second-order valence-corrected chi connectivity index (χ2v) is 6.75. The molecule has 1 aliphatic heterocycles. The van der Waals surface area contributed by atoms with E-state index in [1.165, 1.54) is 12.1 Å². The molecule has 146 valence electrons. The molecule has 0 bridgehead atoms.